The topological polar surface area (TPSA) is 91.7 Å². The van der Waals surface area contributed by atoms with Crippen molar-refractivity contribution in [1.29, 1.82) is 0 Å². The first kappa shape index (κ1) is 23.4. The minimum absolute atomic E-state index is 0.268. The summed E-state index contributed by atoms with van der Waals surface area (Å²) in [5, 5.41) is 3.30. The van der Waals surface area contributed by atoms with Crippen LogP contribution < -0.4 is 20.3 Å². The van der Waals surface area contributed by atoms with Crippen molar-refractivity contribution >= 4 is 28.6 Å². The Labute approximate surface area is 191 Å². The van der Waals surface area contributed by atoms with Crippen molar-refractivity contribution in [3.8, 4) is 17.2 Å². The smallest absolute Gasteiger partial charge is 0.408 e. The molecule has 1 aromatic heterocycles. The Morgan fingerprint density at radius 2 is 1.75 bits per heavy atom. The van der Waals surface area contributed by atoms with Gasteiger partial charge in [0, 0.05) is 18.2 Å². The number of ether oxygens (including phenoxy) is 3. The lowest BCUT2D eigenvalue weighted by Gasteiger charge is -2.23. The highest BCUT2D eigenvalue weighted by atomic mass is 35.5. The van der Waals surface area contributed by atoms with E-state index in [9.17, 15) is 9.59 Å². The van der Waals surface area contributed by atoms with Crippen LogP contribution in [0.15, 0.2) is 41.2 Å². The minimum Gasteiger partial charge on any atom is -0.497 e. The van der Waals surface area contributed by atoms with Gasteiger partial charge in [-0.1, -0.05) is 17.7 Å². The molecule has 0 saturated carbocycles. The summed E-state index contributed by atoms with van der Waals surface area (Å²) in [4.78, 5) is 30.6. The van der Waals surface area contributed by atoms with E-state index in [4.69, 9.17) is 25.8 Å². The van der Waals surface area contributed by atoms with Gasteiger partial charge in [0.05, 0.1) is 41.9 Å². The molecule has 3 aromatic rings. The van der Waals surface area contributed by atoms with E-state index in [1.54, 1.807) is 64.1 Å². The monoisotopic (exact) mass is 459 g/mol. The third kappa shape index (κ3) is 4.96. The van der Waals surface area contributed by atoms with Crippen LogP contribution in [-0.2, 0) is 4.74 Å². The molecule has 32 heavy (non-hydrogen) atoms. The molecule has 8 nitrogen and oxygen atoms in total. The molecule has 3 rings (SSSR count). The zero-order valence-corrected chi connectivity index (χ0v) is 19.6. The van der Waals surface area contributed by atoms with Crippen molar-refractivity contribution < 1.29 is 19.0 Å². The number of hydrogen-bond donors (Lipinski definition) is 1. The first-order valence-electron chi connectivity index (χ1n) is 9.98. The molecule has 0 saturated heterocycles. The molecule has 0 aliphatic rings. The first-order chi connectivity index (χ1) is 15.0. The van der Waals surface area contributed by atoms with Crippen molar-refractivity contribution in [2.45, 2.75) is 39.3 Å². The molecule has 0 spiro atoms. The fraction of sp³-hybridized carbons (Fsp3) is 0.348. The Kier molecular flexibility index (Phi) is 6.64. The standard InChI is InChI=1S/C23H26ClN3O5/c1-13(25-22(29)32-23(2,3)4)20-26-18-9-7-8-17(24)19(18)21(28)27(20)14-10-15(30-5)12-16(11-14)31-6/h7-13H,1-6H3,(H,25,29)/t13-/m0/s1. The average molecular weight is 460 g/mol. The van der Waals surface area contributed by atoms with Gasteiger partial charge in [-0.3, -0.25) is 9.36 Å². The lowest BCUT2D eigenvalue weighted by Crippen LogP contribution is -2.37. The van der Waals surface area contributed by atoms with Gasteiger partial charge in [-0.15, -0.1) is 0 Å². The molecule has 2 aromatic carbocycles. The summed E-state index contributed by atoms with van der Waals surface area (Å²) in [6.07, 6.45) is -0.625. The summed E-state index contributed by atoms with van der Waals surface area (Å²) in [5.41, 5.74) is -0.188. The predicted octanol–water partition coefficient (Wildman–Crippen LogP) is 4.64. The molecule has 1 heterocycles. The van der Waals surface area contributed by atoms with Gasteiger partial charge in [0.1, 0.15) is 22.9 Å². The number of nitrogens with one attached hydrogen (secondary N) is 1. The van der Waals surface area contributed by atoms with Crippen LogP contribution in [0.4, 0.5) is 4.79 Å². The Hall–Kier alpha value is -3.26. The molecule has 1 N–H and O–H groups in total. The number of fused-ring (bicyclic) bond motifs is 1. The maximum absolute atomic E-state index is 13.6. The number of alkyl carbamates (subject to hydrolysis) is 1. The SMILES string of the molecule is COc1cc(OC)cc(-n2c([C@H](C)NC(=O)OC(C)(C)C)nc3cccc(Cl)c3c2=O)c1. The Bertz CT molecular complexity index is 1190. The maximum Gasteiger partial charge on any atom is 0.408 e. The first-order valence-corrected chi connectivity index (χ1v) is 10.4. The van der Waals surface area contributed by atoms with Crippen LogP contribution in [0.25, 0.3) is 16.6 Å². The van der Waals surface area contributed by atoms with Crippen LogP contribution in [0.5, 0.6) is 11.5 Å². The molecule has 1 amide bonds. The van der Waals surface area contributed by atoms with E-state index in [-0.39, 0.29) is 16.0 Å². The second-order valence-corrected chi connectivity index (χ2v) is 8.59. The van der Waals surface area contributed by atoms with Crippen LogP contribution in [0.1, 0.15) is 39.6 Å². The normalized spacial score (nSPS) is 12.3. The molecule has 0 aliphatic carbocycles. The number of carbonyl (C=O) groups is 1. The van der Waals surface area contributed by atoms with Gasteiger partial charge in [-0.25, -0.2) is 9.78 Å². The third-order valence-electron chi connectivity index (χ3n) is 4.59. The van der Waals surface area contributed by atoms with E-state index in [2.05, 4.69) is 10.3 Å². The number of halogens is 1. The molecule has 0 unspecified atom stereocenters. The molecule has 0 bridgehead atoms. The molecule has 1 atom stereocenters. The largest absolute Gasteiger partial charge is 0.497 e. The van der Waals surface area contributed by atoms with Gasteiger partial charge < -0.3 is 19.5 Å². The number of benzene rings is 2. The molecule has 0 fully saturated rings. The molecule has 9 heteroatoms. The fourth-order valence-corrected chi connectivity index (χ4v) is 3.47. The van der Waals surface area contributed by atoms with Crippen molar-refractivity contribution in [3.63, 3.8) is 0 Å². The zero-order valence-electron chi connectivity index (χ0n) is 18.9. The number of hydrogen-bond acceptors (Lipinski definition) is 6. The summed E-state index contributed by atoms with van der Waals surface area (Å²) in [6, 6.07) is 9.42. The highest BCUT2D eigenvalue weighted by molar-refractivity contribution is 6.35. The van der Waals surface area contributed by atoms with Gasteiger partial charge >= 0.3 is 6.09 Å². The molecule has 0 radical (unpaired) electrons. The summed E-state index contributed by atoms with van der Waals surface area (Å²) >= 11 is 6.34. The number of methoxy groups -OCH3 is 2. The maximum atomic E-state index is 13.6. The molecular weight excluding hydrogens is 434 g/mol. The van der Waals surface area contributed by atoms with Crippen LogP contribution in [0.3, 0.4) is 0 Å². The lowest BCUT2D eigenvalue weighted by molar-refractivity contribution is 0.0505. The van der Waals surface area contributed by atoms with E-state index in [0.717, 1.165) is 0 Å². The van der Waals surface area contributed by atoms with Crippen LogP contribution in [-0.4, -0.2) is 35.5 Å². The number of rotatable bonds is 5. The van der Waals surface area contributed by atoms with E-state index in [1.165, 1.54) is 18.8 Å². The number of amides is 1. The predicted molar refractivity (Wildman–Crippen MR) is 123 cm³/mol. The van der Waals surface area contributed by atoms with Crippen LogP contribution in [0.2, 0.25) is 5.02 Å². The van der Waals surface area contributed by atoms with E-state index in [0.29, 0.717) is 28.5 Å². The van der Waals surface area contributed by atoms with Gasteiger partial charge in [0.15, 0.2) is 0 Å². The third-order valence-corrected chi connectivity index (χ3v) is 4.90. The quantitative estimate of drug-likeness (QED) is 0.597. The molecular formula is C23H26ClN3O5. The van der Waals surface area contributed by atoms with Gasteiger partial charge in [-0.05, 0) is 39.8 Å². The van der Waals surface area contributed by atoms with E-state index in [1.807, 2.05) is 0 Å². The Morgan fingerprint density at radius 3 is 2.31 bits per heavy atom. The fourth-order valence-electron chi connectivity index (χ4n) is 3.22. The van der Waals surface area contributed by atoms with E-state index < -0.39 is 17.7 Å². The second kappa shape index (κ2) is 9.08. The highest BCUT2D eigenvalue weighted by Gasteiger charge is 2.24. The Morgan fingerprint density at radius 1 is 1.12 bits per heavy atom. The van der Waals surface area contributed by atoms with Crippen molar-refractivity contribution in [2.24, 2.45) is 0 Å². The number of nitrogens with zero attached hydrogens (tertiary/aromatic N) is 2. The van der Waals surface area contributed by atoms with Crippen molar-refractivity contribution in [3.05, 3.63) is 57.6 Å². The van der Waals surface area contributed by atoms with Crippen molar-refractivity contribution in [2.75, 3.05) is 14.2 Å². The Balaban J connectivity index is 2.24. The van der Waals surface area contributed by atoms with E-state index >= 15 is 0 Å². The van der Waals surface area contributed by atoms with Gasteiger partial charge in [-0.2, -0.15) is 0 Å². The summed E-state index contributed by atoms with van der Waals surface area (Å²) in [5.74, 6) is 1.28. The zero-order chi connectivity index (χ0) is 23.6. The average Bonchev–Trinajstić information content (AvgIpc) is 2.71. The number of carbonyl (C=O) groups excluding carboxylic acids is 1. The van der Waals surface area contributed by atoms with Crippen molar-refractivity contribution in [1.82, 2.24) is 14.9 Å². The summed E-state index contributed by atoms with van der Waals surface area (Å²) in [7, 11) is 3.04. The molecule has 170 valence electrons. The van der Waals surface area contributed by atoms with Gasteiger partial charge in [0.2, 0.25) is 0 Å². The van der Waals surface area contributed by atoms with Gasteiger partial charge in [0.25, 0.3) is 5.56 Å². The number of aromatic nitrogens is 2. The molecule has 0 aliphatic heterocycles. The summed E-state index contributed by atoms with van der Waals surface area (Å²) in [6.45, 7) is 7.03. The second-order valence-electron chi connectivity index (χ2n) is 8.18. The van der Waals surface area contributed by atoms with Crippen LogP contribution >= 0.6 is 11.6 Å². The van der Waals surface area contributed by atoms with Crippen LogP contribution in [0, 0.1) is 0 Å². The minimum atomic E-state index is -0.673. The summed E-state index contributed by atoms with van der Waals surface area (Å²) < 4.78 is 17.5. The highest BCUT2D eigenvalue weighted by Crippen LogP contribution is 2.28. The lowest BCUT2D eigenvalue weighted by atomic mass is 10.2.